The SMILES string of the molecule is C=C(C)COc1ccccc1C(=O)N1CCCC(C(=O)O)C1. The van der Waals surface area contributed by atoms with Crippen LogP contribution in [0.4, 0.5) is 0 Å². The summed E-state index contributed by atoms with van der Waals surface area (Å²) < 4.78 is 5.62. The Morgan fingerprint density at radius 1 is 1.41 bits per heavy atom. The first-order valence-corrected chi connectivity index (χ1v) is 7.37. The van der Waals surface area contributed by atoms with E-state index in [0.29, 0.717) is 37.3 Å². The molecule has 1 unspecified atom stereocenters. The molecule has 1 aromatic rings. The lowest BCUT2D eigenvalue weighted by Crippen LogP contribution is -2.42. The molecule has 118 valence electrons. The van der Waals surface area contributed by atoms with Crippen LogP contribution in [0.3, 0.4) is 0 Å². The molecule has 1 atom stereocenters. The number of carbonyl (C=O) groups is 2. The number of nitrogens with zero attached hydrogens (tertiary/aromatic N) is 1. The summed E-state index contributed by atoms with van der Waals surface area (Å²) in [5.41, 5.74) is 1.33. The minimum absolute atomic E-state index is 0.178. The first-order valence-electron chi connectivity index (χ1n) is 7.37. The summed E-state index contributed by atoms with van der Waals surface area (Å²) in [4.78, 5) is 25.4. The number of carbonyl (C=O) groups excluding carboxylic acids is 1. The molecule has 5 heteroatoms. The van der Waals surface area contributed by atoms with Crippen LogP contribution in [-0.2, 0) is 4.79 Å². The summed E-state index contributed by atoms with van der Waals surface area (Å²) in [6.07, 6.45) is 1.32. The molecule has 1 aliphatic heterocycles. The van der Waals surface area contributed by atoms with Crippen LogP contribution in [0.15, 0.2) is 36.4 Å². The van der Waals surface area contributed by atoms with Crippen molar-refractivity contribution >= 4 is 11.9 Å². The number of rotatable bonds is 5. The lowest BCUT2D eigenvalue weighted by molar-refractivity contribution is -0.143. The lowest BCUT2D eigenvalue weighted by atomic mass is 9.97. The average Bonchev–Trinajstić information content (AvgIpc) is 2.52. The van der Waals surface area contributed by atoms with Gasteiger partial charge < -0.3 is 14.7 Å². The molecule has 0 saturated carbocycles. The van der Waals surface area contributed by atoms with Gasteiger partial charge in [0, 0.05) is 13.1 Å². The average molecular weight is 303 g/mol. The van der Waals surface area contributed by atoms with E-state index < -0.39 is 11.9 Å². The van der Waals surface area contributed by atoms with Gasteiger partial charge in [-0.05, 0) is 37.5 Å². The van der Waals surface area contributed by atoms with Crippen molar-refractivity contribution in [2.24, 2.45) is 5.92 Å². The van der Waals surface area contributed by atoms with Gasteiger partial charge in [-0.15, -0.1) is 0 Å². The Morgan fingerprint density at radius 3 is 2.82 bits per heavy atom. The molecule has 1 fully saturated rings. The lowest BCUT2D eigenvalue weighted by Gasteiger charge is -2.31. The Morgan fingerprint density at radius 2 is 2.14 bits per heavy atom. The Labute approximate surface area is 130 Å². The van der Waals surface area contributed by atoms with Crippen LogP contribution in [0.5, 0.6) is 5.75 Å². The Hall–Kier alpha value is -2.30. The zero-order chi connectivity index (χ0) is 16.1. The molecule has 1 saturated heterocycles. The number of aliphatic carboxylic acids is 1. The number of para-hydroxylation sites is 1. The Bertz CT molecular complexity index is 582. The minimum atomic E-state index is -0.843. The summed E-state index contributed by atoms with van der Waals surface area (Å²) >= 11 is 0. The highest BCUT2D eigenvalue weighted by atomic mass is 16.5. The zero-order valence-corrected chi connectivity index (χ0v) is 12.7. The van der Waals surface area contributed by atoms with Crippen molar-refractivity contribution < 1.29 is 19.4 Å². The van der Waals surface area contributed by atoms with Gasteiger partial charge in [0.1, 0.15) is 12.4 Å². The van der Waals surface area contributed by atoms with Crippen molar-refractivity contribution in [1.29, 1.82) is 0 Å². The summed E-state index contributed by atoms with van der Waals surface area (Å²) in [6, 6.07) is 7.04. The highest BCUT2D eigenvalue weighted by molar-refractivity contribution is 5.97. The van der Waals surface area contributed by atoms with E-state index in [1.165, 1.54) is 0 Å². The highest BCUT2D eigenvalue weighted by Gasteiger charge is 2.29. The third-order valence-electron chi connectivity index (χ3n) is 3.65. The van der Waals surface area contributed by atoms with Gasteiger partial charge in [-0.25, -0.2) is 0 Å². The van der Waals surface area contributed by atoms with Crippen LogP contribution in [0.1, 0.15) is 30.1 Å². The monoisotopic (exact) mass is 303 g/mol. The topological polar surface area (TPSA) is 66.8 Å². The molecule has 22 heavy (non-hydrogen) atoms. The first-order chi connectivity index (χ1) is 10.5. The van der Waals surface area contributed by atoms with Crippen molar-refractivity contribution in [3.63, 3.8) is 0 Å². The smallest absolute Gasteiger partial charge is 0.308 e. The predicted octanol–water partition coefficient (Wildman–Crippen LogP) is 2.58. The van der Waals surface area contributed by atoms with Crippen LogP contribution in [-0.4, -0.2) is 41.6 Å². The summed E-state index contributed by atoms with van der Waals surface area (Å²) in [5, 5.41) is 9.14. The number of ether oxygens (including phenoxy) is 1. The number of carboxylic acid groups (broad SMARTS) is 1. The number of piperidine rings is 1. The molecule has 1 N–H and O–H groups in total. The van der Waals surface area contributed by atoms with Gasteiger partial charge in [0.2, 0.25) is 0 Å². The fraction of sp³-hybridized carbons (Fsp3) is 0.412. The van der Waals surface area contributed by atoms with Gasteiger partial charge in [-0.1, -0.05) is 18.7 Å². The summed E-state index contributed by atoms with van der Waals surface area (Å²) in [5.74, 6) is -0.998. The van der Waals surface area contributed by atoms with E-state index >= 15 is 0 Å². The molecular weight excluding hydrogens is 282 g/mol. The fourth-order valence-corrected chi connectivity index (χ4v) is 2.50. The van der Waals surface area contributed by atoms with Crippen LogP contribution in [0.2, 0.25) is 0 Å². The second-order valence-corrected chi connectivity index (χ2v) is 5.67. The molecule has 1 heterocycles. The number of likely N-dealkylation sites (tertiary alicyclic amines) is 1. The Kier molecular flexibility index (Phi) is 5.20. The van der Waals surface area contributed by atoms with E-state index in [-0.39, 0.29) is 12.5 Å². The summed E-state index contributed by atoms with van der Waals surface area (Å²) in [6.45, 7) is 6.81. The molecule has 1 aromatic carbocycles. The number of hydrogen-bond acceptors (Lipinski definition) is 3. The Balaban J connectivity index is 2.15. The zero-order valence-electron chi connectivity index (χ0n) is 12.7. The third kappa shape index (κ3) is 3.87. The second kappa shape index (κ2) is 7.11. The van der Waals surface area contributed by atoms with E-state index in [1.807, 2.05) is 6.92 Å². The first kappa shape index (κ1) is 16.1. The van der Waals surface area contributed by atoms with Crippen LogP contribution in [0.25, 0.3) is 0 Å². The van der Waals surface area contributed by atoms with E-state index in [4.69, 9.17) is 9.84 Å². The molecule has 1 aliphatic rings. The third-order valence-corrected chi connectivity index (χ3v) is 3.65. The number of amides is 1. The van der Waals surface area contributed by atoms with E-state index in [1.54, 1.807) is 29.2 Å². The van der Waals surface area contributed by atoms with Crippen LogP contribution < -0.4 is 4.74 Å². The van der Waals surface area contributed by atoms with Crippen LogP contribution >= 0.6 is 0 Å². The van der Waals surface area contributed by atoms with Crippen molar-refractivity contribution in [1.82, 2.24) is 4.90 Å². The molecule has 2 rings (SSSR count). The normalized spacial score (nSPS) is 17.9. The van der Waals surface area contributed by atoms with Gasteiger partial charge in [0.25, 0.3) is 5.91 Å². The maximum Gasteiger partial charge on any atom is 0.308 e. The van der Waals surface area contributed by atoms with Crippen molar-refractivity contribution in [3.05, 3.63) is 42.0 Å². The molecule has 0 aromatic heterocycles. The molecular formula is C17H21NO4. The second-order valence-electron chi connectivity index (χ2n) is 5.67. The molecule has 1 amide bonds. The van der Waals surface area contributed by atoms with E-state index in [2.05, 4.69) is 6.58 Å². The van der Waals surface area contributed by atoms with Gasteiger partial charge >= 0.3 is 5.97 Å². The van der Waals surface area contributed by atoms with Gasteiger partial charge in [-0.2, -0.15) is 0 Å². The van der Waals surface area contributed by atoms with Gasteiger partial charge in [-0.3, -0.25) is 9.59 Å². The molecule has 0 bridgehead atoms. The van der Waals surface area contributed by atoms with Crippen molar-refractivity contribution in [2.45, 2.75) is 19.8 Å². The maximum atomic E-state index is 12.7. The molecule has 0 radical (unpaired) electrons. The van der Waals surface area contributed by atoms with Crippen molar-refractivity contribution in [2.75, 3.05) is 19.7 Å². The summed E-state index contributed by atoms with van der Waals surface area (Å²) in [7, 11) is 0. The largest absolute Gasteiger partial charge is 0.488 e. The fourth-order valence-electron chi connectivity index (χ4n) is 2.50. The minimum Gasteiger partial charge on any atom is -0.488 e. The number of benzene rings is 1. The van der Waals surface area contributed by atoms with Crippen LogP contribution in [0, 0.1) is 5.92 Å². The number of hydrogen-bond donors (Lipinski definition) is 1. The van der Waals surface area contributed by atoms with Crippen molar-refractivity contribution in [3.8, 4) is 5.75 Å². The molecule has 0 spiro atoms. The van der Waals surface area contributed by atoms with E-state index in [9.17, 15) is 9.59 Å². The highest BCUT2D eigenvalue weighted by Crippen LogP contribution is 2.24. The predicted molar refractivity (Wildman–Crippen MR) is 83.0 cm³/mol. The number of carboxylic acids is 1. The molecule has 0 aliphatic carbocycles. The van der Waals surface area contributed by atoms with E-state index in [0.717, 1.165) is 5.57 Å². The molecule has 5 nitrogen and oxygen atoms in total. The standard InChI is InChI=1S/C17H21NO4/c1-12(2)11-22-15-8-4-3-7-14(15)16(19)18-9-5-6-13(10-18)17(20)21/h3-4,7-8,13H,1,5-6,9-11H2,2H3,(H,20,21). The maximum absolute atomic E-state index is 12.7. The van der Waals surface area contributed by atoms with Gasteiger partial charge in [0.15, 0.2) is 0 Å². The van der Waals surface area contributed by atoms with Gasteiger partial charge in [0.05, 0.1) is 11.5 Å². The quantitative estimate of drug-likeness (QED) is 0.849.